The van der Waals surface area contributed by atoms with Gasteiger partial charge in [0.1, 0.15) is 5.58 Å². The van der Waals surface area contributed by atoms with Gasteiger partial charge in [-0.25, -0.2) is 9.59 Å². The molecule has 7 nitrogen and oxygen atoms in total. The third-order valence-corrected chi connectivity index (χ3v) is 5.46. The number of piperidine rings is 1. The molecule has 1 aromatic heterocycles. The number of carbonyl (C=O) groups excluding carboxylic acids is 2. The zero-order chi connectivity index (χ0) is 18.8. The van der Waals surface area contributed by atoms with E-state index in [0.717, 1.165) is 48.8 Å². The minimum atomic E-state index is -0.0688. The van der Waals surface area contributed by atoms with Gasteiger partial charge in [-0.1, -0.05) is 18.2 Å². The van der Waals surface area contributed by atoms with Crippen molar-refractivity contribution in [3.8, 4) is 0 Å². The summed E-state index contributed by atoms with van der Waals surface area (Å²) in [4.78, 5) is 28.7. The van der Waals surface area contributed by atoms with Crippen LogP contribution >= 0.6 is 0 Å². The van der Waals surface area contributed by atoms with Crippen LogP contribution in [0.4, 0.5) is 9.59 Å². The summed E-state index contributed by atoms with van der Waals surface area (Å²) in [5.41, 5.74) is 1.81. The summed E-state index contributed by atoms with van der Waals surface area (Å²) in [6.07, 6.45) is 5.64. The van der Waals surface area contributed by atoms with Crippen molar-refractivity contribution in [2.24, 2.45) is 0 Å². The maximum atomic E-state index is 13.0. The molecule has 1 saturated carbocycles. The Morgan fingerprint density at radius 2 is 2.04 bits per heavy atom. The zero-order valence-corrected chi connectivity index (χ0v) is 15.6. The highest BCUT2D eigenvalue weighted by Gasteiger charge is 2.39. The highest BCUT2D eigenvalue weighted by Crippen LogP contribution is 2.31. The first-order valence-electron chi connectivity index (χ1n) is 9.65. The Kier molecular flexibility index (Phi) is 4.92. The molecule has 27 heavy (non-hydrogen) atoms. The second-order valence-corrected chi connectivity index (χ2v) is 7.35. The minimum Gasteiger partial charge on any atom is -0.464 e. The van der Waals surface area contributed by atoms with E-state index in [1.54, 1.807) is 18.2 Å². The molecule has 7 heteroatoms. The zero-order valence-electron chi connectivity index (χ0n) is 15.6. The molecule has 2 aliphatic rings. The van der Waals surface area contributed by atoms with Crippen LogP contribution in [0.3, 0.4) is 0 Å². The van der Waals surface area contributed by atoms with Crippen LogP contribution in [-0.2, 0) is 6.54 Å². The van der Waals surface area contributed by atoms with Crippen molar-refractivity contribution >= 4 is 23.0 Å². The molecule has 1 aliphatic carbocycles. The maximum Gasteiger partial charge on any atom is 0.318 e. The monoisotopic (exact) mass is 370 g/mol. The van der Waals surface area contributed by atoms with Crippen molar-refractivity contribution in [2.45, 2.75) is 44.3 Å². The van der Waals surface area contributed by atoms with Crippen molar-refractivity contribution in [3.63, 3.8) is 0 Å². The summed E-state index contributed by atoms with van der Waals surface area (Å²) in [7, 11) is 1.65. The number of furan rings is 1. The fourth-order valence-corrected chi connectivity index (χ4v) is 3.94. The molecule has 1 aliphatic heterocycles. The maximum absolute atomic E-state index is 13.0. The number of para-hydroxylation sites is 1. The summed E-state index contributed by atoms with van der Waals surface area (Å²) >= 11 is 0. The fraction of sp³-hybridized carbons (Fsp3) is 0.500. The first-order valence-corrected chi connectivity index (χ1v) is 9.65. The van der Waals surface area contributed by atoms with Gasteiger partial charge in [-0.2, -0.15) is 0 Å². The smallest absolute Gasteiger partial charge is 0.318 e. The lowest BCUT2D eigenvalue weighted by Crippen LogP contribution is -2.56. The molecule has 0 radical (unpaired) electrons. The molecule has 2 N–H and O–H groups in total. The topological polar surface area (TPSA) is 77.8 Å². The minimum absolute atomic E-state index is 0.0495. The average Bonchev–Trinajstić information content (AvgIpc) is 3.45. The number of hydrogen-bond donors (Lipinski definition) is 2. The van der Waals surface area contributed by atoms with E-state index >= 15 is 0 Å². The molecule has 4 amide bonds. The van der Waals surface area contributed by atoms with Crippen LogP contribution in [0.2, 0.25) is 0 Å². The predicted octanol–water partition coefficient (Wildman–Crippen LogP) is 2.91. The van der Waals surface area contributed by atoms with Crippen LogP contribution in [0, 0.1) is 0 Å². The number of likely N-dealkylation sites (tertiary alicyclic amines) is 1. The van der Waals surface area contributed by atoms with Crippen molar-refractivity contribution in [1.82, 2.24) is 20.4 Å². The highest BCUT2D eigenvalue weighted by atomic mass is 16.3. The lowest BCUT2D eigenvalue weighted by Gasteiger charge is -2.39. The van der Waals surface area contributed by atoms with Gasteiger partial charge in [0, 0.05) is 43.7 Å². The molecular weight excluding hydrogens is 344 g/mol. The number of urea groups is 2. The van der Waals surface area contributed by atoms with E-state index in [9.17, 15) is 9.59 Å². The van der Waals surface area contributed by atoms with E-state index < -0.39 is 0 Å². The molecule has 2 fully saturated rings. The summed E-state index contributed by atoms with van der Waals surface area (Å²) < 4.78 is 5.55. The quantitative estimate of drug-likeness (QED) is 0.869. The lowest BCUT2D eigenvalue weighted by atomic mass is 10.0. The fourth-order valence-electron chi connectivity index (χ4n) is 3.94. The Labute approximate surface area is 158 Å². The molecule has 1 saturated heterocycles. The van der Waals surface area contributed by atoms with Crippen LogP contribution in [0.5, 0.6) is 0 Å². The Hall–Kier alpha value is -2.70. The van der Waals surface area contributed by atoms with Gasteiger partial charge in [0.2, 0.25) is 0 Å². The molecule has 0 bridgehead atoms. The number of nitrogens with zero attached hydrogens (tertiary/aromatic N) is 2. The number of rotatable bonds is 4. The molecule has 2 aromatic rings. The highest BCUT2D eigenvalue weighted by molar-refractivity contribution is 5.82. The van der Waals surface area contributed by atoms with E-state index in [4.69, 9.17) is 4.42 Å². The van der Waals surface area contributed by atoms with Crippen LogP contribution in [0.15, 0.2) is 34.9 Å². The first kappa shape index (κ1) is 17.7. The molecule has 0 spiro atoms. The second kappa shape index (κ2) is 7.50. The molecule has 0 unspecified atom stereocenters. The predicted molar refractivity (Wildman–Crippen MR) is 102 cm³/mol. The van der Waals surface area contributed by atoms with Crippen molar-refractivity contribution < 1.29 is 14.0 Å². The largest absolute Gasteiger partial charge is 0.464 e. The molecule has 144 valence electrons. The van der Waals surface area contributed by atoms with Gasteiger partial charge in [0.25, 0.3) is 0 Å². The van der Waals surface area contributed by atoms with Gasteiger partial charge in [-0.15, -0.1) is 0 Å². The molecule has 2 heterocycles. The van der Waals surface area contributed by atoms with Gasteiger partial charge >= 0.3 is 12.1 Å². The van der Waals surface area contributed by atoms with E-state index in [1.165, 1.54) is 0 Å². The van der Waals surface area contributed by atoms with E-state index in [2.05, 4.69) is 10.6 Å². The summed E-state index contributed by atoms with van der Waals surface area (Å²) in [5, 5.41) is 6.78. The molecule has 1 aromatic carbocycles. The van der Waals surface area contributed by atoms with Gasteiger partial charge in [0.05, 0.1) is 12.3 Å². The first-order chi connectivity index (χ1) is 13.2. The third kappa shape index (κ3) is 3.72. The lowest BCUT2D eigenvalue weighted by molar-refractivity contribution is 0.116. The number of hydrogen-bond acceptors (Lipinski definition) is 3. The van der Waals surface area contributed by atoms with Crippen LogP contribution in [-0.4, -0.2) is 54.1 Å². The number of carbonyl (C=O) groups is 2. The summed E-state index contributed by atoms with van der Waals surface area (Å²) in [6, 6.07) is 8.07. The van der Waals surface area contributed by atoms with Crippen LogP contribution < -0.4 is 10.6 Å². The molecule has 4 rings (SSSR count). The number of benzene rings is 1. The summed E-state index contributed by atoms with van der Waals surface area (Å²) in [5.74, 6) is 0. The van der Waals surface area contributed by atoms with Gasteiger partial charge < -0.3 is 24.9 Å². The standard InChI is InChI=1S/C20H26N4O3/c1-21-19(25)23-10-4-5-16(12-23)24(15-8-9-15)20(26)22-11-14-13-27-18-7-3-2-6-17(14)18/h2-3,6-7,13,15-16H,4-5,8-12H2,1H3,(H,21,25)(H,22,26)/t16-/m1/s1. The normalized spacial score (nSPS) is 19.7. The van der Waals surface area contributed by atoms with Crippen LogP contribution in [0.25, 0.3) is 11.0 Å². The second-order valence-electron chi connectivity index (χ2n) is 7.35. The Morgan fingerprint density at radius 3 is 2.81 bits per heavy atom. The van der Waals surface area contributed by atoms with Gasteiger partial charge in [-0.05, 0) is 31.7 Å². The molecular formula is C20H26N4O3. The van der Waals surface area contributed by atoms with Gasteiger partial charge in [-0.3, -0.25) is 0 Å². The Balaban J connectivity index is 1.43. The SMILES string of the molecule is CNC(=O)N1CCC[C@@H](N(C(=O)NCc2coc3ccccc23)C2CC2)C1. The third-order valence-electron chi connectivity index (χ3n) is 5.46. The van der Waals surface area contributed by atoms with E-state index in [0.29, 0.717) is 19.1 Å². The van der Waals surface area contributed by atoms with Crippen LogP contribution in [0.1, 0.15) is 31.2 Å². The number of amides is 4. The Bertz CT molecular complexity index is 829. The summed E-state index contributed by atoms with van der Waals surface area (Å²) in [6.45, 7) is 1.78. The van der Waals surface area contributed by atoms with Crippen molar-refractivity contribution in [2.75, 3.05) is 20.1 Å². The van der Waals surface area contributed by atoms with Gasteiger partial charge in [0.15, 0.2) is 0 Å². The average molecular weight is 370 g/mol. The van der Waals surface area contributed by atoms with E-state index in [-0.39, 0.29) is 18.1 Å². The number of nitrogens with one attached hydrogen (secondary N) is 2. The van der Waals surface area contributed by atoms with Crippen molar-refractivity contribution in [1.29, 1.82) is 0 Å². The van der Waals surface area contributed by atoms with Crippen molar-refractivity contribution in [3.05, 3.63) is 36.1 Å². The number of fused-ring (bicyclic) bond motifs is 1. The Morgan fingerprint density at radius 1 is 1.22 bits per heavy atom. The van der Waals surface area contributed by atoms with E-state index in [1.807, 2.05) is 29.2 Å². The molecule has 1 atom stereocenters.